The molecule has 3 rings (SSSR count). The van der Waals surface area contributed by atoms with Crippen molar-refractivity contribution in [3.63, 3.8) is 0 Å². The van der Waals surface area contributed by atoms with Crippen molar-refractivity contribution in [3.8, 4) is 17.2 Å². The quantitative estimate of drug-likeness (QED) is 0.849. The highest BCUT2D eigenvalue weighted by Crippen LogP contribution is 2.38. The fourth-order valence-corrected chi connectivity index (χ4v) is 3.19. The van der Waals surface area contributed by atoms with Crippen LogP contribution in [0.2, 0.25) is 0 Å². The van der Waals surface area contributed by atoms with Crippen LogP contribution in [0.4, 0.5) is 0 Å². The minimum absolute atomic E-state index is 0.0118. The SMILES string of the molecule is COc1ccc(C2NCc3c(ccc(OC)c3OC)C2=O)cc1C(=O)O. The van der Waals surface area contributed by atoms with Crippen LogP contribution in [0.3, 0.4) is 0 Å². The number of hydrogen-bond acceptors (Lipinski definition) is 6. The molecule has 1 heterocycles. The first-order chi connectivity index (χ1) is 12.5. The number of rotatable bonds is 5. The van der Waals surface area contributed by atoms with Crippen LogP contribution in [0, 0.1) is 0 Å². The van der Waals surface area contributed by atoms with Crippen LogP contribution in [0.25, 0.3) is 0 Å². The molecule has 1 unspecified atom stereocenters. The number of carboxylic acids is 1. The van der Waals surface area contributed by atoms with Crippen LogP contribution in [-0.4, -0.2) is 38.2 Å². The van der Waals surface area contributed by atoms with Gasteiger partial charge in [-0.15, -0.1) is 0 Å². The molecule has 7 nitrogen and oxygen atoms in total. The molecule has 0 saturated heterocycles. The summed E-state index contributed by atoms with van der Waals surface area (Å²) in [7, 11) is 4.47. The lowest BCUT2D eigenvalue weighted by molar-refractivity contribution is 0.0692. The van der Waals surface area contributed by atoms with Crippen LogP contribution in [0.1, 0.15) is 37.9 Å². The number of Topliss-reactive ketones (excluding diaryl/α,β-unsaturated/α-hetero) is 1. The number of methoxy groups -OCH3 is 3. The fraction of sp³-hybridized carbons (Fsp3) is 0.263. The second kappa shape index (κ2) is 7.05. The molecular weight excluding hydrogens is 338 g/mol. The molecule has 136 valence electrons. The zero-order valence-electron chi connectivity index (χ0n) is 14.7. The maximum absolute atomic E-state index is 13.0. The third-order valence-corrected chi connectivity index (χ3v) is 4.45. The highest BCUT2D eigenvalue weighted by atomic mass is 16.5. The van der Waals surface area contributed by atoms with E-state index in [1.54, 1.807) is 24.3 Å². The number of ether oxygens (including phenoxy) is 3. The second-order valence-corrected chi connectivity index (χ2v) is 5.77. The predicted octanol–water partition coefficient (Wildman–Crippen LogP) is 2.44. The molecule has 0 aliphatic carbocycles. The maximum Gasteiger partial charge on any atom is 0.339 e. The summed E-state index contributed by atoms with van der Waals surface area (Å²) < 4.78 is 15.7. The molecule has 2 N–H and O–H groups in total. The van der Waals surface area contributed by atoms with Gasteiger partial charge in [0.1, 0.15) is 11.3 Å². The first-order valence-electron chi connectivity index (χ1n) is 7.94. The Morgan fingerprint density at radius 1 is 1.08 bits per heavy atom. The summed E-state index contributed by atoms with van der Waals surface area (Å²) >= 11 is 0. The minimum atomic E-state index is -1.11. The molecule has 0 bridgehead atoms. The monoisotopic (exact) mass is 357 g/mol. The second-order valence-electron chi connectivity index (χ2n) is 5.77. The van der Waals surface area contributed by atoms with Gasteiger partial charge in [0.2, 0.25) is 0 Å². The smallest absolute Gasteiger partial charge is 0.339 e. The van der Waals surface area contributed by atoms with Gasteiger partial charge in [0.05, 0.1) is 27.4 Å². The van der Waals surface area contributed by atoms with E-state index < -0.39 is 12.0 Å². The number of aromatic carboxylic acids is 1. The van der Waals surface area contributed by atoms with Crippen LogP contribution in [0.5, 0.6) is 17.2 Å². The van der Waals surface area contributed by atoms with Crippen molar-refractivity contribution in [2.24, 2.45) is 0 Å². The number of carbonyl (C=O) groups excluding carboxylic acids is 1. The van der Waals surface area contributed by atoms with Gasteiger partial charge in [-0.05, 0) is 29.8 Å². The lowest BCUT2D eigenvalue weighted by atomic mass is 9.89. The average Bonchev–Trinajstić information content (AvgIpc) is 2.66. The van der Waals surface area contributed by atoms with Crippen molar-refractivity contribution in [2.75, 3.05) is 21.3 Å². The van der Waals surface area contributed by atoms with Crippen LogP contribution < -0.4 is 19.5 Å². The lowest BCUT2D eigenvalue weighted by Crippen LogP contribution is -2.34. The van der Waals surface area contributed by atoms with Crippen LogP contribution in [0.15, 0.2) is 30.3 Å². The lowest BCUT2D eigenvalue weighted by Gasteiger charge is -2.27. The van der Waals surface area contributed by atoms with Crippen molar-refractivity contribution in [3.05, 3.63) is 52.6 Å². The Labute approximate surface area is 150 Å². The van der Waals surface area contributed by atoms with Gasteiger partial charge in [-0.25, -0.2) is 4.79 Å². The predicted molar refractivity (Wildman–Crippen MR) is 93.4 cm³/mol. The third kappa shape index (κ3) is 2.86. The molecule has 0 fully saturated rings. The van der Waals surface area contributed by atoms with E-state index in [-0.39, 0.29) is 17.1 Å². The summed E-state index contributed by atoms with van der Waals surface area (Å²) in [6.45, 7) is 0.389. The van der Waals surface area contributed by atoms with E-state index in [0.717, 1.165) is 5.56 Å². The molecule has 2 aromatic carbocycles. The van der Waals surface area contributed by atoms with Gasteiger partial charge < -0.3 is 19.3 Å². The highest BCUT2D eigenvalue weighted by molar-refractivity contribution is 6.04. The number of hydrogen-bond donors (Lipinski definition) is 2. The normalized spacial score (nSPS) is 16.0. The van der Waals surface area contributed by atoms with Gasteiger partial charge in [0.15, 0.2) is 17.3 Å². The summed E-state index contributed by atoms with van der Waals surface area (Å²) in [5.74, 6) is 0.0472. The van der Waals surface area contributed by atoms with E-state index in [1.807, 2.05) is 0 Å². The van der Waals surface area contributed by atoms with E-state index in [4.69, 9.17) is 14.2 Å². The molecule has 0 saturated carbocycles. The van der Waals surface area contributed by atoms with Gasteiger partial charge in [-0.1, -0.05) is 6.07 Å². The number of nitrogens with one attached hydrogen (secondary N) is 1. The van der Waals surface area contributed by atoms with E-state index in [9.17, 15) is 14.7 Å². The summed E-state index contributed by atoms with van der Waals surface area (Å²) in [6, 6.07) is 7.44. The topological polar surface area (TPSA) is 94.1 Å². The Balaban J connectivity index is 2.02. The standard InChI is InChI=1S/C19H19NO6/c1-24-14-6-4-10(8-12(14)19(22)23)16-17(21)11-5-7-15(25-2)18(26-3)13(11)9-20-16/h4-8,16,20H,9H2,1-3H3,(H,22,23). The van der Waals surface area contributed by atoms with E-state index in [1.165, 1.54) is 27.4 Å². The highest BCUT2D eigenvalue weighted by Gasteiger charge is 2.32. The number of fused-ring (bicyclic) bond motifs is 1. The molecular formula is C19H19NO6. The summed E-state index contributed by atoms with van der Waals surface area (Å²) in [5, 5.41) is 12.5. The van der Waals surface area contributed by atoms with Crippen molar-refractivity contribution in [2.45, 2.75) is 12.6 Å². The molecule has 0 radical (unpaired) electrons. The van der Waals surface area contributed by atoms with Gasteiger partial charge in [0, 0.05) is 17.7 Å². The molecule has 26 heavy (non-hydrogen) atoms. The van der Waals surface area contributed by atoms with Gasteiger partial charge in [-0.2, -0.15) is 0 Å². The number of benzene rings is 2. The van der Waals surface area contributed by atoms with Crippen molar-refractivity contribution in [1.82, 2.24) is 5.32 Å². The molecule has 7 heteroatoms. The fourth-order valence-electron chi connectivity index (χ4n) is 3.19. The third-order valence-electron chi connectivity index (χ3n) is 4.45. The number of carboxylic acid groups (broad SMARTS) is 1. The van der Waals surface area contributed by atoms with Crippen molar-refractivity contribution >= 4 is 11.8 Å². The van der Waals surface area contributed by atoms with E-state index in [0.29, 0.717) is 29.2 Å². The summed E-state index contributed by atoms with van der Waals surface area (Å²) in [5.41, 5.74) is 1.82. The Morgan fingerprint density at radius 2 is 1.77 bits per heavy atom. The first-order valence-corrected chi connectivity index (χ1v) is 7.94. The number of carbonyl (C=O) groups is 2. The van der Waals surface area contributed by atoms with E-state index >= 15 is 0 Å². The molecule has 0 amide bonds. The van der Waals surface area contributed by atoms with Gasteiger partial charge in [-0.3, -0.25) is 10.1 Å². The molecule has 2 aromatic rings. The molecule has 0 spiro atoms. The zero-order valence-corrected chi connectivity index (χ0v) is 14.7. The summed E-state index contributed by atoms with van der Waals surface area (Å²) in [6.07, 6.45) is 0. The Bertz CT molecular complexity index is 877. The Hall–Kier alpha value is -3.06. The Kier molecular flexibility index (Phi) is 4.81. The molecule has 1 aliphatic rings. The first kappa shape index (κ1) is 17.8. The van der Waals surface area contributed by atoms with Crippen LogP contribution >= 0.6 is 0 Å². The summed E-state index contributed by atoms with van der Waals surface area (Å²) in [4.78, 5) is 24.4. The van der Waals surface area contributed by atoms with Gasteiger partial charge >= 0.3 is 5.97 Å². The van der Waals surface area contributed by atoms with Crippen LogP contribution in [-0.2, 0) is 6.54 Å². The molecule has 1 aliphatic heterocycles. The largest absolute Gasteiger partial charge is 0.496 e. The van der Waals surface area contributed by atoms with Crippen molar-refractivity contribution < 1.29 is 28.9 Å². The maximum atomic E-state index is 13.0. The Morgan fingerprint density at radius 3 is 2.38 bits per heavy atom. The average molecular weight is 357 g/mol. The minimum Gasteiger partial charge on any atom is -0.496 e. The number of ketones is 1. The molecule has 1 atom stereocenters. The van der Waals surface area contributed by atoms with E-state index in [2.05, 4.69) is 5.32 Å². The van der Waals surface area contributed by atoms with Gasteiger partial charge in [0.25, 0.3) is 0 Å². The molecule has 0 aromatic heterocycles. The van der Waals surface area contributed by atoms with Crippen molar-refractivity contribution in [1.29, 1.82) is 0 Å². The zero-order chi connectivity index (χ0) is 18.8.